The van der Waals surface area contributed by atoms with Crippen molar-refractivity contribution in [1.82, 2.24) is 10.3 Å². The molecule has 0 unspecified atom stereocenters. The van der Waals surface area contributed by atoms with E-state index in [1.807, 2.05) is 0 Å². The van der Waals surface area contributed by atoms with Gasteiger partial charge in [0.15, 0.2) is 0 Å². The first-order valence-corrected chi connectivity index (χ1v) is 4.75. The maximum absolute atomic E-state index is 9.83. The van der Waals surface area contributed by atoms with Crippen molar-refractivity contribution in [2.24, 2.45) is 0 Å². The molecule has 5 heteroatoms. The maximum Gasteiger partial charge on any atom is 0.141 e. The summed E-state index contributed by atoms with van der Waals surface area (Å²) >= 11 is 0. The van der Waals surface area contributed by atoms with E-state index in [4.69, 9.17) is 5.11 Å². The van der Waals surface area contributed by atoms with Gasteiger partial charge in [0.2, 0.25) is 0 Å². The zero-order valence-electron chi connectivity index (χ0n) is 8.53. The van der Waals surface area contributed by atoms with Gasteiger partial charge in [-0.1, -0.05) is 0 Å². The molecule has 1 aromatic heterocycles. The Labute approximate surface area is 94.8 Å². The lowest BCUT2D eigenvalue weighted by atomic mass is 9.93. The minimum atomic E-state index is -0.0750. The van der Waals surface area contributed by atoms with E-state index in [2.05, 4.69) is 10.3 Å². The van der Waals surface area contributed by atoms with Crippen molar-refractivity contribution in [2.45, 2.75) is 26.0 Å². The lowest BCUT2D eigenvalue weighted by molar-refractivity contribution is 0.272. The summed E-state index contributed by atoms with van der Waals surface area (Å²) in [5, 5.41) is 22.2. The molecule has 1 atom stereocenters. The lowest BCUT2D eigenvalue weighted by Crippen LogP contribution is -2.35. The van der Waals surface area contributed by atoms with E-state index >= 15 is 0 Å². The van der Waals surface area contributed by atoms with Crippen molar-refractivity contribution < 1.29 is 10.2 Å². The van der Waals surface area contributed by atoms with Gasteiger partial charge in [-0.3, -0.25) is 4.98 Å². The van der Waals surface area contributed by atoms with Crippen molar-refractivity contribution in [3.63, 3.8) is 0 Å². The summed E-state index contributed by atoms with van der Waals surface area (Å²) in [5.74, 6) is 0.216. The summed E-state index contributed by atoms with van der Waals surface area (Å²) in [5.41, 5.74) is 2.14. The predicted molar refractivity (Wildman–Crippen MR) is 59.2 cm³/mol. The Morgan fingerprint density at radius 2 is 2.27 bits per heavy atom. The molecular formula is C10H15ClN2O2. The molecule has 0 aliphatic carbocycles. The van der Waals surface area contributed by atoms with E-state index in [0.29, 0.717) is 11.3 Å². The number of aliphatic hydroxyl groups is 1. The van der Waals surface area contributed by atoms with Crippen molar-refractivity contribution in [3.05, 3.63) is 23.0 Å². The molecule has 0 saturated carbocycles. The molecule has 4 nitrogen and oxygen atoms in total. The summed E-state index contributed by atoms with van der Waals surface area (Å²) in [6.07, 6.45) is 2.63. The highest BCUT2D eigenvalue weighted by atomic mass is 35.5. The van der Waals surface area contributed by atoms with Crippen LogP contribution < -0.4 is 5.32 Å². The summed E-state index contributed by atoms with van der Waals surface area (Å²) in [4.78, 5) is 4.01. The minimum absolute atomic E-state index is 0. The second-order valence-electron chi connectivity index (χ2n) is 3.58. The van der Waals surface area contributed by atoms with Crippen LogP contribution in [0.1, 0.15) is 29.3 Å². The van der Waals surface area contributed by atoms with Crippen molar-refractivity contribution in [2.75, 3.05) is 6.54 Å². The number of aryl methyl sites for hydroxylation is 1. The molecule has 1 saturated heterocycles. The first kappa shape index (κ1) is 12.2. The fourth-order valence-corrected chi connectivity index (χ4v) is 1.70. The fraction of sp³-hybridized carbons (Fsp3) is 0.500. The summed E-state index contributed by atoms with van der Waals surface area (Å²) < 4.78 is 0. The van der Waals surface area contributed by atoms with Gasteiger partial charge in [-0.2, -0.15) is 0 Å². The van der Waals surface area contributed by atoms with Gasteiger partial charge in [0.25, 0.3) is 0 Å². The van der Waals surface area contributed by atoms with Crippen LogP contribution >= 0.6 is 12.4 Å². The van der Waals surface area contributed by atoms with E-state index in [-0.39, 0.29) is 30.8 Å². The van der Waals surface area contributed by atoms with Crippen molar-refractivity contribution in [1.29, 1.82) is 0 Å². The van der Waals surface area contributed by atoms with E-state index < -0.39 is 0 Å². The van der Waals surface area contributed by atoms with Crippen molar-refractivity contribution >= 4 is 12.4 Å². The summed E-state index contributed by atoms with van der Waals surface area (Å²) in [6, 6.07) is 0.179. The Bertz CT molecular complexity index is 354. The van der Waals surface area contributed by atoms with Crippen LogP contribution in [0.15, 0.2) is 6.20 Å². The number of rotatable bonds is 2. The normalized spacial score (nSPS) is 19.2. The minimum Gasteiger partial charge on any atom is -0.506 e. The number of hydrogen-bond acceptors (Lipinski definition) is 4. The molecule has 1 aliphatic heterocycles. The molecule has 1 aromatic rings. The fourth-order valence-electron chi connectivity index (χ4n) is 1.70. The number of aromatic nitrogens is 1. The highest BCUT2D eigenvalue weighted by Gasteiger charge is 2.25. The molecule has 3 N–H and O–H groups in total. The maximum atomic E-state index is 9.83. The van der Waals surface area contributed by atoms with E-state index in [1.54, 1.807) is 13.1 Å². The zero-order chi connectivity index (χ0) is 10.1. The topological polar surface area (TPSA) is 65.4 Å². The van der Waals surface area contributed by atoms with Gasteiger partial charge in [-0.25, -0.2) is 0 Å². The van der Waals surface area contributed by atoms with Gasteiger partial charge in [0.1, 0.15) is 5.75 Å². The Morgan fingerprint density at radius 1 is 1.60 bits per heavy atom. The number of nitrogens with zero attached hydrogens (tertiary/aromatic N) is 1. The number of halogens is 1. The first-order chi connectivity index (χ1) is 6.74. The number of nitrogens with one attached hydrogen (secondary N) is 1. The quantitative estimate of drug-likeness (QED) is 0.711. The third kappa shape index (κ3) is 2.07. The molecule has 0 spiro atoms. The standard InChI is InChI=1S/C10H14N2O2.ClH/c1-6-10(14)9(8-2-3-11-8)7(5-13)4-12-6;/h4,8,11,13-14H,2-3,5H2,1H3;1H/t8-;/m0./s1. The van der Waals surface area contributed by atoms with E-state index in [1.165, 1.54) is 0 Å². The van der Waals surface area contributed by atoms with Gasteiger partial charge in [0, 0.05) is 23.4 Å². The monoisotopic (exact) mass is 230 g/mol. The summed E-state index contributed by atoms with van der Waals surface area (Å²) in [6.45, 7) is 2.66. The first-order valence-electron chi connectivity index (χ1n) is 4.75. The second kappa shape index (κ2) is 4.79. The predicted octanol–water partition coefficient (Wildman–Crippen LogP) is 1.04. The van der Waals surface area contributed by atoms with Gasteiger partial charge >= 0.3 is 0 Å². The van der Waals surface area contributed by atoms with Gasteiger partial charge in [-0.15, -0.1) is 12.4 Å². The zero-order valence-corrected chi connectivity index (χ0v) is 9.34. The highest BCUT2D eigenvalue weighted by Crippen LogP contribution is 2.34. The average Bonchev–Trinajstić information content (AvgIpc) is 2.10. The van der Waals surface area contributed by atoms with E-state index in [9.17, 15) is 5.11 Å². The Kier molecular flexibility index (Phi) is 3.90. The number of aromatic hydroxyl groups is 1. The number of pyridine rings is 1. The van der Waals surface area contributed by atoms with Crippen LogP contribution in [-0.4, -0.2) is 21.7 Å². The van der Waals surface area contributed by atoms with E-state index in [0.717, 1.165) is 18.5 Å². The summed E-state index contributed by atoms with van der Waals surface area (Å²) in [7, 11) is 0. The lowest BCUT2D eigenvalue weighted by Gasteiger charge is -2.30. The van der Waals surface area contributed by atoms with Crippen LogP contribution in [-0.2, 0) is 6.61 Å². The Balaban J connectivity index is 0.00000112. The molecular weight excluding hydrogens is 216 g/mol. The van der Waals surface area contributed by atoms with Crippen LogP contribution in [0.25, 0.3) is 0 Å². The molecule has 0 amide bonds. The molecule has 0 aromatic carbocycles. The molecule has 1 aliphatic rings. The van der Waals surface area contributed by atoms with Crippen LogP contribution in [0.2, 0.25) is 0 Å². The molecule has 84 valence electrons. The molecule has 0 radical (unpaired) electrons. The van der Waals surface area contributed by atoms with Crippen LogP contribution in [0, 0.1) is 6.92 Å². The van der Waals surface area contributed by atoms with Crippen LogP contribution in [0.3, 0.4) is 0 Å². The third-order valence-corrected chi connectivity index (χ3v) is 2.70. The smallest absolute Gasteiger partial charge is 0.141 e. The third-order valence-electron chi connectivity index (χ3n) is 2.70. The molecule has 1 fully saturated rings. The molecule has 0 bridgehead atoms. The molecule has 2 heterocycles. The van der Waals surface area contributed by atoms with Crippen LogP contribution in [0.5, 0.6) is 5.75 Å². The van der Waals surface area contributed by atoms with Gasteiger partial charge in [0.05, 0.1) is 12.3 Å². The number of aliphatic hydroxyl groups excluding tert-OH is 1. The largest absolute Gasteiger partial charge is 0.506 e. The van der Waals surface area contributed by atoms with Gasteiger partial charge in [-0.05, 0) is 19.9 Å². The molecule has 2 rings (SSSR count). The van der Waals surface area contributed by atoms with Crippen LogP contribution in [0.4, 0.5) is 0 Å². The Morgan fingerprint density at radius 3 is 2.73 bits per heavy atom. The molecule has 15 heavy (non-hydrogen) atoms. The highest BCUT2D eigenvalue weighted by molar-refractivity contribution is 5.85. The second-order valence-corrected chi connectivity index (χ2v) is 3.58. The van der Waals surface area contributed by atoms with Crippen molar-refractivity contribution in [3.8, 4) is 5.75 Å². The SMILES string of the molecule is Cc1ncc(CO)c([C@@H]2CCN2)c1O.Cl. The average molecular weight is 231 g/mol. The van der Waals surface area contributed by atoms with Gasteiger partial charge < -0.3 is 15.5 Å². The Hall–Kier alpha value is -0.840. The number of hydrogen-bond donors (Lipinski definition) is 3.